The van der Waals surface area contributed by atoms with Crippen LogP contribution in [0.5, 0.6) is 0 Å². The van der Waals surface area contributed by atoms with E-state index in [9.17, 15) is 17.6 Å². The minimum Gasteiger partial charge on any atom is -0.382 e. The van der Waals surface area contributed by atoms with E-state index in [2.05, 4.69) is 6.58 Å². The highest BCUT2D eigenvalue weighted by atomic mass is 19.3. The van der Waals surface area contributed by atoms with Gasteiger partial charge >= 0.3 is 12.2 Å². The van der Waals surface area contributed by atoms with E-state index in [-0.39, 0.29) is 0 Å². The lowest BCUT2D eigenvalue weighted by atomic mass is 10.8. The summed E-state index contributed by atoms with van der Waals surface area (Å²) in [5.41, 5.74) is 0. The van der Waals surface area contributed by atoms with Crippen molar-refractivity contribution in [3.63, 3.8) is 0 Å². The first-order valence-corrected chi connectivity index (χ1v) is 3.98. The second kappa shape index (κ2) is 18.0. The van der Waals surface area contributed by atoms with Gasteiger partial charge < -0.3 is 4.74 Å². The molecule has 0 fully saturated rings. The standard InChI is InChI=1S/C4H10O.C3H6.C2F4/c1-3-5-4-2;1-3-2;3-1(4)2(5)6/h3-4H2,1-2H3;3H,1H2,2H3;. The predicted molar refractivity (Wildman–Crippen MR) is 49.5 cm³/mol. The Morgan fingerprint density at radius 3 is 1.29 bits per heavy atom. The first kappa shape index (κ1) is 18.9. The van der Waals surface area contributed by atoms with E-state index in [1.54, 1.807) is 6.08 Å². The zero-order chi connectivity index (χ0) is 12.0. The van der Waals surface area contributed by atoms with Crippen LogP contribution in [0.25, 0.3) is 0 Å². The molecule has 5 heteroatoms. The monoisotopic (exact) mass is 216 g/mol. The Balaban J connectivity index is -0.000000138. The number of halogens is 4. The van der Waals surface area contributed by atoms with Crippen molar-refractivity contribution in [2.75, 3.05) is 13.2 Å². The van der Waals surface area contributed by atoms with E-state index in [0.717, 1.165) is 13.2 Å². The molecule has 14 heavy (non-hydrogen) atoms. The van der Waals surface area contributed by atoms with Crippen molar-refractivity contribution in [3.05, 3.63) is 24.8 Å². The van der Waals surface area contributed by atoms with Crippen LogP contribution in [0.1, 0.15) is 20.8 Å². The van der Waals surface area contributed by atoms with Crippen LogP contribution in [0.15, 0.2) is 24.8 Å². The number of hydrogen-bond donors (Lipinski definition) is 0. The van der Waals surface area contributed by atoms with E-state index in [1.165, 1.54) is 0 Å². The van der Waals surface area contributed by atoms with Crippen molar-refractivity contribution < 1.29 is 22.3 Å². The van der Waals surface area contributed by atoms with Gasteiger partial charge in [-0.2, -0.15) is 17.6 Å². The third kappa shape index (κ3) is 43.3. The first-order valence-electron chi connectivity index (χ1n) is 3.98. The van der Waals surface area contributed by atoms with Crippen molar-refractivity contribution in [3.8, 4) is 0 Å². The molecule has 0 saturated carbocycles. The lowest BCUT2D eigenvalue weighted by Crippen LogP contribution is -1.84. The fraction of sp³-hybridized carbons (Fsp3) is 0.556. The summed E-state index contributed by atoms with van der Waals surface area (Å²) in [5, 5.41) is 0. The normalized spacial score (nSPS) is 7.36. The van der Waals surface area contributed by atoms with Gasteiger partial charge in [-0.1, -0.05) is 6.08 Å². The smallest absolute Gasteiger partial charge is 0.334 e. The summed E-state index contributed by atoms with van der Waals surface area (Å²) in [5.74, 6) is 0. The maximum atomic E-state index is 10.3. The minimum atomic E-state index is -2.91. The Morgan fingerprint density at radius 2 is 1.29 bits per heavy atom. The molecule has 0 unspecified atom stereocenters. The second-order valence-electron chi connectivity index (χ2n) is 1.71. The van der Waals surface area contributed by atoms with E-state index >= 15 is 0 Å². The topological polar surface area (TPSA) is 9.23 Å². The molecule has 0 aliphatic carbocycles. The van der Waals surface area contributed by atoms with Crippen LogP contribution in [0.2, 0.25) is 0 Å². The third-order valence-corrected chi connectivity index (χ3v) is 0.551. The van der Waals surface area contributed by atoms with Crippen LogP contribution in [-0.2, 0) is 4.74 Å². The van der Waals surface area contributed by atoms with Gasteiger partial charge in [-0.25, -0.2) is 0 Å². The SMILES string of the molecule is C=CC.CCOCC.FC(F)=C(F)F. The zero-order valence-corrected chi connectivity index (χ0v) is 8.62. The molecule has 0 heterocycles. The maximum Gasteiger partial charge on any atom is 0.334 e. The molecular formula is C9H16F4O. The highest BCUT2D eigenvalue weighted by molar-refractivity contribution is 4.77. The molecule has 0 aromatic heterocycles. The Bertz CT molecular complexity index is 126. The molecule has 1 nitrogen and oxygen atoms in total. The summed E-state index contributed by atoms with van der Waals surface area (Å²) in [6.45, 7) is 10.9. The average molecular weight is 216 g/mol. The molecule has 0 aliphatic rings. The molecular weight excluding hydrogens is 200 g/mol. The van der Waals surface area contributed by atoms with Crippen LogP contribution in [0.4, 0.5) is 17.6 Å². The number of hydrogen-bond acceptors (Lipinski definition) is 1. The minimum absolute atomic E-state index is 0.844. The largest absolute Gasteiger partial charge is 0.382 e. The molecule has 0 rings (SSSR count). The maximum absolute atomic E-state index is 10.3. The van der Waals surface area contributed by atoms with Crippen LogP contribution < -0.4 is 0 Å². The summed E-state index contributed by atoms with van der Waals surface area (Å²) >= 11 is 0. The van der Waals surface area contributed by atoms with Crippen LogP contribution in [0.3, 0.4) is 0 Å². The molecule has 0 bridgehead atoms. The highest BCUT2D eigenvalue weighted by Gasteiger charge is 1.98. The van der Waals surface area contributed by atoms with Gasteiger partial charge in [-0.15, -0.1) is 6.58 Å². The van der Waals surface area contributed by atoms with Crippen molar-refractivity contribution >= 4 is 0 Å². The van der Waals surface area contributed by atoms with Gasteiger partial charge in [0, 0.05) is 13.2 Å². The molecule has 0 N–H and O–H groups in total. The Morgan fingerprint density at radius 1 is 1.07 bits per heavy atom. The molecule has 0 amide bonds. The van der Waals surface area contributed by atoms with Crippen molar-refractivity contribution in [1.82, 2.24) is 0 Å². The van der Waals surface area contributed by atoms with E-state index in [0.29, 0.717) is 0 Å². The van der Waals surface area contributed by atoms with Gasteiger partial charge in [-0.05, 0) is 20.8 Å². The Labute approximate surface area is 82.1 Å². The summed E-state index contributed by atoms with van der Waals surface area (Å²) in [6, 6.07) is 0. The molecule has 0 aliphatic heterocycles. The Kier molecular flexibility index (Phi) is 24.3. The van der Waals surface area contributed by atoms with Crippen molar-refractivity contribution in [1.29, 1.82) is 0 Å². The van der Waals surface area contributed by atoms with Crippen LogP contribution >= 0.6 is 0 Å². The predicted octanol–water partition coefficient (Wildman–Crippen LogP) is 4.23. The van der Waals surface area contributed by atoms with Gasteiger partial charge in [0.1, 0.15) is 0 Å². The first-order chi connectivity index (χ1) is 6.47. The fourth-order valence-electron chi connectivity index (χ4n) is 0.204. The lowest BCUT2D eigenvalue weighted by Gasteiger charge is -1.86. The summed E-state index contributed by atoms with van der Waals surface area (Å²) in [6.07, 6.45) is -4.06. The Hall–Kier alpha value is -0.840. The molecule has 0 radical (unpaired) electrons. The summed E-state index contributed by atoms with van der Waals surface area (Å²) in [4.78, 5) is 0. The van der Waals surface area contributed by atoms with Crippen molar-refractivity contribution in [2.24, 2.45) is 0 Å². The van der Waals surface area contributed by atoms with Crippen molar-refractivity contribution in [2.45, 2.75) is 20.8 Å². The van der Waals surface area contributed by atoms with Gasteiger partial charge in [-0.3, -0.25) is 0 Å². The quantitative estimate of drug-likeness (QED) is 0.496. The highest BCUT2D eigenvalue weighted by Crippen LogP contribution is 2.08. The molecule has 0 atom stereocenters. The number of ether oxygens (including phenoxy) is 1. The average Bonchev–Trinajstić information content (AvgIpc) is 2.08. The molecule has 0 spiro atoms. The summed E-state index contributed by atoms with van der Waals surface area (Å²) in [7, 11) is 0. The van der Waals surface area contributed by atoms with Gasteiger partial charge in [0.2, 0.25) is 0 Å². The number of allylic oxidation sites excluding steroid dienone is 1. The van der Waals surface area contributed by atoms with E-state index in [4.69, 9.17) is 4.74 Å². The molecule has 0 aromatic rings. The van der Waals surface area contributed by atoms with Gasteiger partial charge in [0.05, 0.1) is 0 Å². The third-order valence-electron chi connectivity index (χ3n) is 0.551. The van der Waals surface area contributed by atoms with Crippen LogP contribution in [-0.4, -0.2) is 13.2 Å². The second-order valence-corrected chi connectivity index (χ2v) is 1.71. The summed E-state index contributed by atoms with van der Waals surface area (Å²) < 4.78 is 46.0. The molecule has 86 valence electrons. The fourth-order valence-corrected chi connectivity index (χ4v) is 0.204. The van der Waals surface area contributed by atoms with Gasteiger partial charge in [0.15, 0.2) is 0 Å². The van der Waals surface area contributed by atoms with Gasteiger partial charge in [0.25, 0.3) is 0 Å². The molecule has 0 aromatic carbocycles. The van der Waals surface area contributed by atoms with E-state index < -0.39 is 12.2 Å². The molecule has 0 saturated heterocycles. The lowest BCUT2D eigenvalue weighted by molar-refractivity contribution is 0.162. The zero-order valence-electron chi connectivity index (χ0n) is 8.62. The number of rotatable bonds is 2. The van der Waals surface area contributed by atoms with Crippen LogP contribution in [0, 0.1) is 0 Å². The van der Waals surface area contributed by atoms with E-state index in [1.807, 2.05) is 20.8 Å².